The zero-order valence-electron chi connectivity index (χ0n) is 21.9. The van der Waals surface area contributed by atoms with Crippen molar-refractivity contribution in [2.45, 2.75) is 133 Å². The molecule has 1 N–H and O–H groups in total. The standard InChI is InChI=1S/C24H51NO3S2Si/c1-10-22(4,19-16-20-23(5,11-2)31(26-7,27-8)28-9)29-30-24(6,12-3)25-21-17-14-13-15-18-21/h21,25H,10-20H2,1-9H3. The number of nitrogens with one attached hydrogen (secondary N) is 1. The monoisotopic (exact) mass is 493 g/mol. The molecule has 1 fully saturated rings. The average molecular weight is 494 g/mol. The van der Waals surface area contributed by atoms with E-state index in [0.717, 1.165) is 25.7 Å². The van der Waals surface area contributed by atoms with E-state index in [1.54, 1.807) is 21.3 Å². The highest BCUT2D eigenvalue weighted by atomic mass is 33.1. The van der Waals surface area contributed by atoms with Gasteiger partial charge in [0.15, 0.2) is 0 Å². The third kappa shape index (κ3) is 8.18. The first-order valence-electron chi connectivity index (χ1n) is 12.4. The summed E-state index contributed by atoms with van der Waals surface area (Å²) in [5.41, 5.74) is 0. The van der Waals surface area contributed by atoms with E-state index in [4.69, 9.17) is 13.3 Å². The fourth-order valence-electron chi connectivity index (χ4n) is 4.72. The van der Waals surface area contributed by atoms with Crippen LogP contribution in [0.3, 0.4) is 0 Å². The van der Waals surface area contributed by atoms with Crippen molar-refractivity contribution in [1.29, 1.82) is 0 Å². The maximum absolute atomic E-state index is 5.86. The molecule has 0 amide bonds. The molecule has 0 spiro atoms. The summed E-state index contributed by atoms with van der Waals surface area (Å²) in [4.78, 5) is 0.144. The molecule has 0 saturated heterocycles. The molecule has 1 saturated carbocycles. The second-order valence-electron chi connectivity index (χ2n) is 9.97. The molecule has 0 aliphatic heterocycles. The average Bonchev–Trinajstić information content (AvgIpc) is 2.80. The third-order valence-corrected chi connectivity index (χ3v) is 15.7. The molecule has 1 aliphatic carbocycles. The summed E-state index contributed by atoms with van der Waals surface area (Å²) in [5, 5.41) is 3.95. The summed E-state index contributed by atoms with van der Waals surface area (Å²) >= 11 is 0. The molecule has 31 heavy (non-hydrogen) atoms. The van der Waals surface area contributed by atoms with Crippen LogP contribution in [0.25, 0.3) is 0 Å². The summed E-state index contributed by atoms with van der Waals surface area (Å²) in [5.74, 6) is 0. The van der Waals surface area contributed by atoms with Gasteiger partial charge in [0.2, 0.25) is 0 Å². The van der Waals surface area contributed by atoms with Crippen LogP contribution in [0.1, 0.15) is 112 Å². The lowest BCUT2D eigenvalue weighted by atomic mass is 9.94. The minimum Gasteiger partial charge on any atom is -0.377 e. The topological polar surface area (TPSA) is 39.7 Å². The summed E-state index contributed by atoms with van der Waals surface area (Å²) < 4.78 is 17.8. The van der Waals surface area contributed by atoms with Crippen LogP contribution >= 0.6 is 21.6 Å². The van der Waals surface area contributed by atoms with Gasteiger partial charge < -0.3 is 13.3 Å². The second kappa shape index (κ2) is 13.6. The summed E-state index contributed by atoms with van der Waals surface area (Å²) in [6, 6.07) is 0.695. The van der Waals surface area contributed by atoms with Crippen molar-refractivity contribution in [3.05, 3.63) is 0 Å². The van der Waals surface area contributed by atoms with Crippen molar-refractivity contribution in [2.75, 3.05) is 21.3 Å². The molecular formula is C24H51NO3S2Si. The van der Waals surface area contributed by atoms with Gasteiger partial charge in [-0.1, -0.05) is 75.0 Å². The zero-order chi connectivity index (χ0) is 23.6. The zero-order valence-corrected chi connectivity index (χ0v) is 24.5. The minimum atomic E-state index is -2.68. The molecule has 0 aromatic carbocycles. The van der Waals surface area contributed by atoms with E-state index in [0.29, 0.717) is 6.04 Å². The third-order valence-electron chi connectivity index (χ3n) is 7.72. The maximum atomic E-state index is 5.86. The predicted molar refractivity (Wildman–Crippen MR) is 142 cm³/mol. The van der Waals surface area contributed by atoms with Crippen molar-refractivity contribution in [3.8, 4) is 0 Å². The van der Waals surface area contributed by atoms with E-state index >= 15 is 0 Å². The van der Waals surface area contributed by atoms with Crippen LogP contribution in [0.2, 0.25) is 5.04 Å². The van der Waals surface area contributed by atoms with Crippen LogP contribution < -0.4 is 5.32 Å². The van der Waals surface area contributed by atoms with E-state index in [9.17, 15) is 0 Å². The molecule has 1 aliphatic rings. The lowest BCUT2D eigenvalue weighted by molar-refractivity contribution is 0.0871. The van der Waals surface area contributed by atoms with E-state index in [-0.39, 0.29) is 14.7 Å². The summed E-state index contributed by atoms with van der Waals surface area (Å²) in [6.07, 6.45) is 13.6. The number of hydrogen-bond donors (Lipinski definition) is 1. The van der Waals surface area contributed by atoms with Crippen molar-refractivity contribution in [1.82, 2.24) is 5.32 Å². The van der Waals surface area contributed by atoms with Crippen LogP contribution in [0.5, 0.6) is 0 Å². The van der Waals surface area contributed by atoms with E-state index in [1.807, 2.05) is 0 Å². The fraction of sp³-hybridized carbons (Fsp3) is 1.00. The highest BCUT2D eigenvalue weighted by molar-refractivity contribution is 8.77. The Morgan fingerprint density at radius 1 is 0.806 bits per heavy atom. The SMILES string of the molecule is CCC(C)(CCCC(C)(CC)[Si](OC)(OC)OC)SSC(C)(CC)NC1CCCCC1. The van der Waals surface area contributed by atoms with Gasteiger partial charge in [-0.2, -0.15) is 0 Å². The van der Waals surface area contributed by atoms with Crippen molar-refractivity contribution < 1.29 is 13.3 Å². The molecule has 0 aromatic heterocycles. The van der Waals surface area contributed by atoms with Crippen molar-refractivity contribution in [2.24, 2.45) is 0 Å². The largest absolute Gasteiger partial charge is 0.506 e. The Bertz CT molecular complexity index is 497. The van der Waals surface area contributed by atoms with E-state index in [2.05, 4.69) is 68.4 Å². The van der Waals surface area contributed by atoms with Gasteiger partial charge in [-0.15, -0.1) is 0 Å². The summed E-state index contributed by atoms with van der Waals surface area (Å²) in [7, 11) is 6.70. The minimum absolute atomic E-state index is 0.0574. The van der Waals surface area contributed by atoms with Gasteiger partial charge in [0.25, 0.3) is 0 Å². The van der Waals surface area contributed by atoms with Crippen molar-refractivity contribution >= 4 is 30.4 Å². The molecule has 4 nitrogen and oxygen atoms in total. The van der Waals surface area contributed by atoms with Gasteiger partial charge in [-0.3, -0.25) is 5.32 Å². The number of rotatable bonds is 16. The second-order valence-corrected chi connectivity index (χ2v) is 16.7. The lowest BCUT2D eigenvalue weighted by Crippen LogP contribution is -2.53. The highest BCUT2D eigenvalue weighted by Gasteiger charge is 2.55. The van der Waals surface area contributed by atoms with Crippen LogP contribution in [-0.4, -0.2) is 45.8 Å². The van der Waals surface area contributed by atoms with Gasteiger partial charge in [-0.05, 0) is 58.8 Å². The molecule has 7 heteroatoms. The Hall–Kier alpha value is 0.757. The molecule has 3 unspecified atom stereocenters. The smallest absolute Gasteiger partial charge is 0.377 e. The normalized spacial score (nSPS) is 22.0. The summed E-state index contributed by atoms with van der Waals surface area (Å²) in [6.45, 7) is 14.0. The lowest BCUT2D eigenvalue weighted by Gasteiger charge is -2.41. The first-order valence-corrected chi connectivity index (χ1v) is 16.3. The molecule has 186 valence electrons. The van der Waals surface area contributed by atoms with Gasteiger partial charge in [0.1, 0.15) is 0 Å². The fourth-order valence-corrected chi connectivity index (χ4v) is 10.9. The van der Waals surface area contributed by atoms with E-state index in [1.165, 1.54) is 44.9 Å². The molecule has 0 bridgehead atoms. The highest BCUT2D eigenvalue weighted by Crippen LogP contribution is 2.51. The quantitative estimate of drug-likeness (QED) is 0.134. The molecule has 1 rings (SSSR count). The van der Waals surface area contributed by atoms with Crippen LogP contribution in [0, 0.1) is 0 Å². The molecule has 0 heterocycles. The molecule has 0 aromatic rings. The van der Waals surface area contributed by atoms with Gasteiger partial charge in [0, 0.05) is 37.2 Å². The van der Waals surface area contributed by atoms with Gasteiger partial charge in [0.05, 0.1) is 4.87 Å². The van der Waals surface area contributed by atoms with Crippen molar-refractivity contribution in [3.63, 3.8) is 0 Å². The van der Waals surface area contributed by atoms with Crippen LogP contribution in [-0.2, 0) is 13.3 Å². The Morgan fingerprint density at radius 3 is 1.84 bits per heavy atom. The Kier molecular flexibility index (Phi) is 13.1. The molecular weight excluding hydrogens is 442 g/mol. The van der Waals surface area contributed by atoms with E-state index < -0.39 is 8.80 Å². The van der Waals surface area contributed by atoms with Crippen LogP contribution in [0.4, 0.5) is 0 Å². The predicted octanol–water partition coefficient (Wildman–Crippen LogP) is 7.80. The first kappa shape index (κ1) is 29.8. The van der Waals surface area contributed by atoms with Crippen LogP contribution in [0.15, 0.2) is 0 Å². The molecule has 3 atom stereocenters. The Labute approximate surface area is 202 Å². The molecule has 0 radical (unpaired) electrons. The maximum Gasteiger partial charge on any atom is 0.506 e. The van der Waals surface area contributed by atoms with Gasteiger partial charge >= 0.3 is 8.80 Å². The number of hydrogen-bond acceptors (Lipinski definition) is 6. The van der Waals surface area contributed by atoms with Gasteiger partial charge in [-0.25, -0.2) is 0 Å². The first-order chi connectivity index (χ1) is 14.6. The Morgan fingerprint density at radius 2 is 1.39 bits per heavy atom. The Balaban J connectivity index is 2.70.